The van der Waals surface area contributed by atoms with E-state index in [0.29, 0.717) is 46.2 Å². The van der Waals surface area contributed by atoms with Crippen molar-refractivity contribution in [1.29, 1.82) is 0 Å². The first kappa shape index (κ1) is 33.5. The maximum atomic E-state index is 14.6. The Hall–Kier alpha value is -5.59. The first-order chi connectivity index (χ1) is 25.3. The summed E-state index contributed by atoms with van der Waals surface area (Å²) in [6, 6.07) is 24.2. The Kier molecular flexibility index (Phi) is 8.94. The highest BCUT2D eigenvalue weighted by atomic mass is 32.1. The van der Waals surface area contributed by atoms with Crippen molar-refractivity contribution < 1.29 is 28.2 Å². The van der Waals surface area contributed by atoms with Gasteiger partial charge in [-0.2, -0.15) is 0 Å². The molecule has 0 atom stereocenters. The number of amides is 3. The number of fused-ring (bicyclic) bond motifs is 3. The molecule has 2 saturated heterocycles. The zero-order chi connectivity index (χ0) is 35.8. The third-order valence-corrected chi connectivity index (χ3v) is 11.3. The lowest BCUT2D eigenvalue weighted by atomic mass is 9.73. The van der Waals surface area contributed by atoms with Crippen LogP contribution in [-0.4, -0.2) is 62.7 Å². The molecule has 8 rings (SSSR count). The highest BCUT2D eigenvalue weighted by molar-refractivity contribution is 7.17. The largest absolute Gasteiger partial charge is 0.497 e. The molecule has 5 aromatic rings. The number of pyridine rings is 1. The molecular weight excluding hydrogens is 682 g/mol. The van der Waals surface area contributed by atoms with E-state index in [1.165, 1.54) is 30.6 Å². The van der Waals surface area contributed by atoms with E-state index in [1.807, 2.05) is 30.3 Å². The van der Waals surface area contributed by atoms with Gasteiger partial charge in [-0.3, -0.25) is 14.4 Å². The molecule has 2 N–H and O–H groups in total. The van der Waals surface area contributed by atoms with Gasteiger partial charge in [0.2, 0.25) is 0 Å². The van der Waals surface area contributed by atoms with E-state index in [1.54, 1.807) is 53.6 Å². The number of ether oxygens (including phenoxy) is 2. The van der Waals surface area contributed by atoms with Gasteiger partial charge < -0.3 is 29.9 Å². The third-order valence-electron chi connectivity index (χ3n) is 10.1. The minimum atomic E-state index is -0.589. The molecule has 0 unspecified atom stereocenters. The zero-order valence-corrected chi connectivity index (χ0v) is 29.3. The molecule has 2 aromatic heterocycles. The fourth-order valence-corrected chi connectivity index (χ4v) is 8.38. The lowest BCUT2D eigenvalue weighted by Crippen LogP contribution is -2.59. The summed E-state index contributed by atoms with van der Waals surface area (Å²) in [5.41, 5.74) is 4.36. The van der Waals surface area contributed by atoms with Crippen LogP contribution in [0.2, 0.25) is 0 Å². The summed E-state index contributed by atoms with van der Waals surface area (Å²) in [4.78, 5) is 50.4. The summed E-state index contributed by atoms with van der Waals surface area (Å²) < 4.78 is 25.2. The SMILES string of the molecule is COc1ccc(NC(=O)c2cc3c(s2)-c2ccccc2N(C(=O)c2ccc(NC(=O)c4cccnc4N4CC5(CCOCC5)C4)cc2)CC3)c(F)c1. The van der Waals surface area contributed by atoms with E-state index < -0.39 is 11.7 Å². The maximum absolute atomic E-state index is 14.6. The molecule has 3 aliphatic heterocycles. The second-order valence-electron chi connectivity index (χ2n) is 13.4. The van der Waals surface area contributed by atoms with E-state index in [4.69, 9.17) is 9.47 Å². The van der Waals surface area contributed by atoms with E-state index in [9.17, 15) is 18.8 Å². The Morgan fingerprint density at radius 3 is 2.48 bits per heavy atom. The number of rotatable bonds is 7. The normalized spacial score (nSPS) is 15.9. The third kappa shape index (κ3) is 6.39. The van der Waals surface area contributed by atoms with Gasteiger partial charge in [0.05, 0.1) is 28.9 Å². The number of nitrogens with zero attached hydrogens (tertiary/aromatic N) is 3. The maximum Gasteiger partial charge on any atom is 0.265 e. The lowest BCUT2D eigenvalue weighted by molar-refractivity contribution is -0.000510. The second kappa shape index (κ2) is 13.9. The van der Waals surface area contributed by atoms with Gasteiger partial charge in [0.15, 0.2) is 0 Å². The van der Waals surface area contributed by atoms with Crippen LogP contribution < -0.4 is 25.2 Å². The molecule has 5 heterocycles. The van der Waals surface area contributed by atoms with Crippen molar-refractivity contribution in [2.24, 2.45) is 5.41 Å². The highest BCUT2D eigenvalue weighted by Crippen LogP contribution is 2.43. The fourth-order valence-electron chi connectivity index (χ4n) is 7.24. The molecular formula is C40H36FN5O5S. The molecule has 264 valence electrons. The predicted molar refractivity (Wildman–Crippen MR) is 199 cm³/mol. The number of para-hydroxylation sites is 1. The fraction of sp³-hybridized carbons (Fsp3) is 0.250. The average molecular weight is 718 g/mol. The molecule has 52 heavy (non-hydrogen) atoms. The van der Waals surface area contributed by atoms with Crippen LogP contribution in [0.3, 0.4) is 0 Å². The van der Waals surface area contributed by atoms with Gasteiger partial charge >= 0.3 is 0 Å². The molecule has 3 aliphatic rings. The number of halogens is 1. The molecule has 0 radical (unpaired) electrons. The molecule has 2 fully saturated rings. The van der Waals surface area contributed by atoms with Crippen LogP contribution in [0.25, 0.3) is 10.4 Å². The van der Waals surface area contributed by atoms with Gasteiger partial charge in [0.1, 0.15) is 17.4 Å². The van der Waals surface area contributed by atoms with Crippen molar-refractivity contribution in [1.82, 2.24) is 4.98 Å². The van der Waals surface area contributed by atoms with Crippen LogP contribution in [-0.2, 0) is 11.2 Å². The smallest absolute Gasteiger partial charge is 0.265 e. The lowest BCUT2D eigenvalue weighted by Gasteiger charge is -2.53. The number of nitrogens with one attached hydrogen (secondary N) is 2. The number of carbonyl (C=O) groups is 3. The first-order valence-corrected chi connectivity index (χ1v) is 18.0. The number of anilines is 4. The van der Waals surface area contributed by atoms with Gasteiger partial charge in [-0.15, -0.1) is 11.3 Å². The summed E-state index contributed by atoms with van der Waals surface area (Å²) in [6.45, 7) is 3.67. The second-order valence-corrected chi connectivity index (χ2v) is 14.4. The van der Waals surface area contributed by atoms with Crippen molar-refractivity contribution >= 4 is 51.9 Å². The summed E-state index contributed by atoms with van der Waals surface area (Å²) in [7, 11) is 1.45. The summed E-state index contributed by atoms with van der Waals surface area (Å²) in [5.74, 6) is -0.404. The molecule has 0 aliphatic carbocycles. The predicted octanol–water partition coefficient (Wildman–Crippen LogP) is 7.28. The van der Waals surface area contributed by atoms with E-state index >= 15 is 0 Å². The zero-order valence-electron chi connectivity index (χ0n) is 28.5. The number of methoxy groups -OCH3 is 1. The van der Waals surface area contributed by atoms with Crippen molar-refractivity contribution in [3.63, 3.8) is 0 Å². The van der Waals surface area contributed by atoms with Crippen molar-refractivity contribution in [2.45, 2.75) is 19.3 Å². The minimum absolute atomic E-state index is 0.0641. The first-order valence-electron chi connectivity index (χ1n) is 17.2. The standard InChI is InChI=1S/C40H36FN5O5S/c1-50-28-12-13-32(31(41)22-28)44-38(48)34-21-26-14-18-46(33-7-3-2-5-29(33)35(26)52-34)39(49)25-8-10-27(11-9-25)43-37(47)30-6-4-17-42-36(30)45-23-40(24-45)15-19-51-20-16-40/h2-13,17,21-22H,14-16,18-20,23-24H2,1H3,(H,43,47)(H,44,48). The summed E-state index contributed by atoms with van der Waals surface area (Å²) in [5, 5.41) is 5.65. The Morgan fingerprint density at radius 1 is 0.923 bits per heavy atom. The molecule has 3 aromatic carbocycles. The van der Waals surface area contributed by atoms with Crippen molar-refractivity contribution in [2.75, 3.05) is 60.4 Å². The molecule has 1 spiro atoms. The number of hydrogen-bond acceptors (Lipinski definition) is 8. The van der Waals surface area contributed by atoms with Gasteiger partial charge in [-0.1, -0.05) is 18.2 Å². The average Bonchev–Trinajstić information content (AvgIpc) is 3.53. The Balaban J connectivity index is 0.960. The topological polar surface area (TPSA) is 113 Å². The van der Waals surface area contributed by atoms with Crippen LogP contribution in [0.4, 0.5) is 27.3 Å². The van der Waals surface area contributed by atoms with Crippen molar-refractivity contribution in [3.05, 3.63) is 119 Å². The van der Waals surface area contributed by atoms with Crippen LogP contribution in [0.5, 0.6) is 5.75 Å². The Bertz CT molecular complexity index is 2170. The number of benzene rings is 3. The van der Waals surface area contributed by atoms with E-state index in [0.717, 1.165) is 60.8 Å². The monoisotopic (exact) mass is 717 g/mol. The number of thiophene rings is 1. The van der Waals surface area contributed by atoms with Gasteiger partial charge in [-0.25, -0.2) is 9.37 Å². The van der Waals surface area contributed by atoms with Crippen LogP contribution in [0.15, 0.2) is 91.1 Å². The molecule has 10 nitrogen and oxygen atoms in total. The van der Waals surface area contributed by atoms with Crippen LogP contribution in [0.1, 0.15) is 48.8 Å². The summed E-state index contributed by atoms with van der Waals surface area (Å²) >= 11 is 1.31. The molecule has 12 heteroatoms. The van der Waals surface area contributed by atoms with Gasteiger partial charge in [-0.05, 0) is 85.5 Å². The van der Waals surface area contributed by atoms with Crippen molar-refractivity contribution in [3.8, 4) is 16.2 Å². The Labute approximate surface area is 304 Å². The van der Waals surface area contributed by atoms with E-state index in [2.05, 4.69) is 20.5 Å². The quantitative estimate of drug-likeness (QED) is 0.182. The highest BCUT2D eigenvalue weighted by Gasteiger charge is 2.45. The Morgan fingerprint density at radius 2 is 1.71 bits per heavy atom. The van der Waals surface area contributed by atoms with Crippen LogP contribution >= 0.6 is 11.3 Å². The minimum Gasteiger partial charge on any atom is -0.497 e. The molecule has 3 amide bonds. The van der Waals surface area contributed by atoms with Gasteiger partial charge in [0, 0.05) is 72.2 Å². The summed E-state index contributed by atoms with van der Waals surface area (Å²) in [6.07, 6.45) is 4.28. The number of aromatic nitrogens is 1. The molecule has 0 bridgehead atoms. The van der Waals surface area contributed by atoms with E-state index in [-0.39, 0.29) is 22.9 Å². The van der Waals surface area contributed by atoms with Gasteiger partial charge in [0.25, 0.3) is 17.7 Å². The number of hydrogen-bond donors (Lipinski definition) is 2. The molecule has 0 saturated carbocycles. The number of carbonyl (C=O) groups excluding carboxylic acids is 3. The van der Waals surface area contributed by atoms with Crippen LogP contribution in [0, 0.1) is 11.2 Å².